The van der Waals surface area contributed by atoms with Gasteiger partial charge in [-0.15, -0.1) is 0 Å². The summed E-state index contributed by atoms with van der Waals surface area (Å²) < 4.78 is 0. The van der Waals surface area contributed by atoms with Crippen LogP contribution in [0.3, 0.4) is 0 Å². The fourth-order valence-corrected chi connectivity index (χ4v) is 2.39. The number of pyridine rings is 1. The van der Waals surface area contributed by atoms with E-state index in [1.165, 1.54) is 32.5 Å². The molecule has 0 atom stereocenters. The number of aromatic nitrogens is 1. The Labute approximate surface area is 109 Å². The maximum absolute atomic E-state index is 5.34. The molecule has 4 N–H and O–H groups in total. The van der Waals surface area contributed by atoms with Crippen LogP contribution in [0.1, 0.15) is 19.8 Å². The normalized spacial score (nSPS) is 17.7. The van der Waals surface area contributed by atoms with Crippen LogP contribution >= 0.6 is 0 Å². The summed E-state index contributed by atoms with van der Waals surface area (Å²) in [4.78, 5) is 6.60. The molecule has 0 radical (unpaired) electrons. The Morgan fingerprint density at radius 3 is 2.89 bits per heavy atom. The summed E-state index contributed by atoms with van der Waals surface area (Å²) in [5.41, 5.74) is 3.64. The van der Waals surface area contributed by atoms with Crippen molar-refractivity contribution in [3.63, 3.8) is 0 Å². The van der Waals surface area contributed by atoms with E-state index in [4.69, 9.17) is 5.84 Å². The molecule has 100 valence electrons. The molecule has 2 heterocycles. The maximum atomic E-state index is 5.34. The number of nitrogens with one attached hydrogen (secondary N) is 2. The number of hydrazine groups is 1. The van der Waals surface area contributed by atoms with Gasteiger partial charge in [0.2, 0.25) is 0 Å². The minimum Gasteiger partial charge on any atom is -0.385 e. The monoisotopic (exact) mass is 249 g/mol. The van der Waals surface area contributed by atoms with Crippen molar-refractivity contribution in [3.05, 3.63) is 18.3 Å². The minimum absolute atomic E-state index is 0.695. The van der Waals surface area contributed by atoms with Crippen LogP contribution in [0, 0.1) is 5.92 Å². The molecule has 1 aromatic heterocycles. The molecule has 2 rings (SSSR count). The maximum Gasteiger partial charge on any atom is 0.141 e. The van der Waals surface area contributed by atoms with Gasteiger partial charge in [0.05, 0.1) is 0 Å². The van der Waals surface area contributed by atoms with Crippen molar-refractivity contribution in [2.45, 2.75) is 19.8 Å². The van der Waals surface area contributed by atoms with Gasteiger partial charge in [0.25, 0.3) is 0 Å². The quantitative estimate of drug-likeness (QED) is 0.545. The SMILES string of the molecule is CCN1CCC(CNc2ccnc(NN)c2)CC1. The second kappa shape index (κ2) is 6.56. The van der Waals surface area contributed by atoms with Crippen molar-refractivity contribution in [3.8, 4) is 0 Å². The third-order valence-corrected chi connectivity index (χ3v) is 3.66. The number of hydrogen-bond acceptors (Lipinski definition) is 5. The summed E-state index contributed by atoms with van der Waals surface area (Å²) in [7, 11) is 0. The first-order valence-electron chi connectivity index (χ1n) is 6.70. The van der Waals surface area contributed by atoms with Crippen molar-refractivity contribution >= 4 is 11.5 Å². The molecule has 1 aromatic rings. The van der Waals surface area contributed by atoms with Gasteiger partial charge >= 0.3 is 0 Å². The Kier molecular flexibility index (Phi) is 4.78. The third kappa shape index (κ3) is 3.58. The number of anilines is 2. The predicted octanol–water partition coefficient (Wildman–Crippen LogP) is 1.51. The molecule has 0 aliphatic carbocycles. The summed E-state index contributed by atoms with van der Waals surface area (Å²) in [5.74, 6) is 6.81. The van der Waals surface area contributed by atoms with E-state index in [0.717, 1.165) is 18.2 Å². The molecule has 1 fully saturated rings. The number of hydrogen-bond donors (Lipinski definition) is 3. The van der Waals surface area contributed by atoms with Gasteiger partial charge in [-0.2, -0.15) is 0 Å². The third-order valence-electron chi connectivity index (χ3n) is 3.66. The van der Waals surface area contributed by atoms with E-state index < -0.39 is 0 Å². The van der Waals surface area contributed by atoms with Crippen molar-refractivity contribution in [1.29, 1.82) is 0 Å². The van der Waals surface area contributed by atoms with Crippen LogP contribution in [0.5, 0.6) is 0 Å². The van der Waals surface area contributed by atoms with Gasteiger partial charge in [-0.1, -0.05) is 6.92 Å². The highest BCUT2D eigenvalue weighted by atomic mass is 15.2. The van der Waals surface area contributed by atoms with Gasteiger partial charge in [-0.25, -0.2) is 10.8 Å². The van der Waals surface area contributed by atoms with E-state index in [0.29, 0.717) is 5.82 Å². The van der Waals surface area contributed by atoms with E-state index in [2.05, 4.69) is 27.6 Å². The zero-order valence-electron chi connectivity index (χ0n) is 11.0. The van der Waals surface area contributed by atoms with E-state index in [-0.39, 0.29) is 0 Å². The Bertz CT molecular complexity index is 360. The molecule has 5 heteroatoms. The van der Waals surface area contributed by atoms with Gasteiger partial charge in [0.15, 0.2) is 0 Å². The molecule has 0 amide bonds. The lowest BCUT2D eigenvalue weighted by Crippen LogP contribution is -2.35. The zero-order valence-corrected chi connectivity index (χ0v) is 11.0. The highest BCUT2D eigenvalue weighted by Crippen LogP contribution is 2.18. The van der Waals surface area contributed by atoms with Gasteiger partial charge in [0.1, 0.15) is 5.82 Å². The first kappa shape index (κ1) is 13.1. The van der Waals surface area contributed by atoms with Crippen LogP contribution in [0.2, 0.25) is 0 Å². The standard InChI is InChI=1S/C13H23N5/c1-2-18-7-4-11(5-8-18)10-16-12-3-6-15-13(9-12)17-14/h3,6,9,11H,2,4-5,7-8,10,14H2,1H3,(H2,15,16,17). The Morgan fingerprint density at radius 2 is 2.22 bits per heavy atom. The van der Waals surface area contributed by atoms with Crippen LogP contribution in [-0.2, 0) is 0 Å². The van der Waals surface area contributed by atoms with Crippen LogP contribution < -0.4 is 16.6 Å². The van der Waals surface area contributed by atoms with Crippen molar-refractivity contribution < 1.29 is 0 Å². The first-order valence-corrected chi connectivity index (χ1v) is 6.70. The van der Waals surface area contributed by atoms with Crippen molar-refractivity contribution in [1.82, 2.24) is 9.88 Å². The topological polar surface area (TPSA) is 66.2 Å². The van der Waals surface area contributed by atoms with Gasteiger partial charge in [-0.05, 0) is 44.5 Å². The van der Waals surface area contributed by atoms with Gasteiger partial charge < -0.3 is 15.6 Å². The Balaban J connectivity index is 1.77. The van der Waals surface area contributed by atoms with E-state index in [1.807, 2.05) is 12.1 Å². The molecule has 0 unspecified atom stereocenters. The number of likely N-dealkylation sites (tertiary alicyclic amines) is 1. The number of nitrogens with two attached hydrogens (primary N) is 1. The van der Waals surface area contributed by atoms with Gasteiger partial charge in [0, 0.05) is 24.5 Å². The fraction of sp³-hybridized carbons (Fsp3) is 0.615. The smallest absolute Gasteiger partial charge is 0.141 e. The Morgan fingerprint density at radius 1 is 1.44 bits per heavy atom. The number of rotatable bonds is 5. The molecule has 1 aliphatic rings. The first-order chi connectivity index (χ1) is 8.81. The lowest BCUT2D eigenvalue weighted by Gasteiger charge is -2.31. The van der Waals surface area contributed by atoms with Crippen LogP contribution in [-0.4, -0.2) is 36.1 Å². The van der Waals surface area contributed by atoms with Crippen molar-refractivity contribution in [2.75, 3.05) is 36.9 Å². The molecular weight excluding hydrogens is 226 g/mol. The summed E-state index contributed by atoms with van der Waals surface area (Å²) in [5, 5.41) is 3.47. The van der Waals surface area contributed by atoms with Gasteiger partial charge in [-0.3, -0.25) is 0 Å². The average molecular weight is 249 g/mol. The minimum atomic E-state index is 0.695. The molecule has 0 saturated carbocycles. The van der Waals surface area contributed by atoms with E-state index in [1.54, 1.807) is 6.20 Å². The number of nitrogen functional groups attached to an aromatic ring is 1. The van der Waals surface area contributed by atoms with Crippen LogP contribution in [0.15, 0.2) is 18.3 Å². The largest absolute Gasteiger partial charge is 0.385 e. The lowest BCUT2D eigenvalue weighted by atomic mass is 9.97. The Hall–Kier alpha value is -1.33. The van der Waals surface area contributed by atoms with Crippen LogP contribution in [0.4, 0.5) is 11.5 Å². The number of piperidine rings is 1. The lowest BCUT2D eigenvalue weighted by molar-refractivity contribution is 0.198. The molecule has 0 aromatic carbocycles. The molecule has 1 saturated heterocycles. The molecule has 5 nitrogen and oxygen atoms in total. The highest BCUT2D eigenvalue weighted by Gasteiger charge is 2.17. The summed E-state index contributed by atoms with van der Waals surface area (Å²) in [6.07, 6.45) is 4.33. The summed E-state index contributed by atoms with van der Waals surface area (Å²) in [6.45, 7) is 6.90. The molecule has 0 spiro atoms. The second-order valence-corrected chi connectivity index (χ2v) is 4.83. The molecule has 1 aliphatic heterocycles. The zero-order chi connectivity index (χ0) is 12.8. The predicted molar refractivity (Wildman–Crippen MR) is 75.4 cm³/mol. The van der Waals surface area contributed by atoms with Crippen LogP contribution in [0.25, 0.3) is 0 Å². The second-order valence-electron chi connectivity index (χ2n) is 4.83. The average Bonchev–Trinajstić information content (AvgIpc) is 2.46. The van der Waals surface area contributed by atoms with E-state index in [9.17, 15) is 0 Å². The molecule has 18 heavy (non-hydrogen) atoms. The number of nitrogens with zero attached hydrogens (tertiary/aromatic N) is 2. The van der Waals surface area contributed by atoms with Crippen molar-refractivity contribution in [2.24, 2.45) is 11.8 Å². The molecule has 0 bridgehead atoms. The van der Waals surface area contributed by atoms with E-state index >= 15 is 0 Å². The highest BCUT2D eigenvalue weighted by molar-refractivity contribution is 5.51. The fourth-order valence-electron chi connectivity index (χ4n) is 2.39. The molecular formula is C13H23N5. The summed E-state index contributed by atoms with van der Waals surface area (Å²) >= 11 is 0. The summed E-state index contributed by atoms with van der Waals surface area (Å²) in [6, 6.07) is 3.91.